The number of benzene rings is 1. The summed E-state index contributed by atoms with van der Waals surface area (Å²) in [6.07, 6.45) is 2.61. The van der Waals surface area contributed by atoms with Crippen molar-refractivity contribution in [2.24, 2.45) is 5.73 Å². The van der Waals surface area contributed by atoms with Crippen molar-refractivity contribution in [3.05, 3.63) is 35.9 Å². The van der Waals surface area contributed by atoms with E-state index in [0.29, 0.717) is 12.6 Å². The molecule has 0 spiro atoms. The number of nitrogens with zero attached hydrogens (tertiary/aromatic N) is 1. The Morgan fingerprint density at radius 3 is 2.50 bits per heavy atom. The Hall–Kier alpha value is -1.10. The largest absolute Gasteiger partial charge is 0.355 e. The molecule has 2 atom stereocenters. The van der Waals surface area contributed by atoms with Crippen LogP contribution < -0.4 is 11.1 Å². The third-order valence-corrected chi connectivity index (χ3v) is 3.83. The highest BCUT2D eigenvalue weighted by atomic mass is 35.5. The van der Waals surface area contributed by atoms with Gasteiger partial charge in [0.05, 0.1) is 6.04 Å². The zero-order valence-corrected chi connectivity index (χ0v) is 14.7. The first kappa shape index (κ1) is 20.9. The molecule has 1 aromatic carbocycles. The van der Waals surface area contributed by atoms with Crippen LogP contribution in [0.1, 0.15) is 38.7 Å². The van der Waals surface area contributed by atoms with E-state index < -0.39 is 0 Å². The lowest BCUT2D eigenvalue weighted by atomic mass is 10.1. The van der Waals surface area contributed by atoms with Crippen LogP contribution in [0, 0.1) is 0 Å². The fourth-order valence-corrected chi connectivity index (χ4v) is 2.23. The van der Waals surface area contributed by atoms with Gasteiger partial charge in [-0.2, -0.15) is 0 Å². The van der Waals surface area contributed by atoms with Crippen LogP contribution in [0.3, 0.4) is 0 Å². The van der Waals surface area contributed by atoms with Gasteiger partial charge in [-0.3, -0.25) is 9.69 Å². The van der Waals surface area contributed by atoms with Gasteiger partial charge in [0.25, 0.3) is 0 Å². The average Bonchev–Trinajstić information content (AvgIpc) is 2.48. The highest BCUT2D eigenvalue weighted by Crippen LogP contribution is 2.07. The molecule has 3 N–H and O–H groups in total. The summed E-state index contributed by atoms with van der Waals surface area (Å²) in [6, 6.07) is 10.5. The first-order valence-electron chi connectivity index (χ1n) is 7.82. The van der Waals surface area contributed by atoms with E-state index in [1.54, 1.807) is 0 Å². The Bertz CT molecular complexity index is 414. The SMILES string of the molecule is CCCC(N)C(=O)NCCC(C)N(C)Cc1ccccc1.Cl. The maximum atomic E-state index is 11.7. The van der Waals surface area contributed by atoms with Crippen molar-refractivity contribution in [3.8, 4) is 0 Å². The number of rotatable bonds is 9. The summed E-state index contributed by atoms with van der Waals surface area (Å²) < 4.78 is 0. The van der Waals surface area contributed by atoms with Crippen LogP contribution >= 0.6 is 12.4 Å². The van der Waals surface area contributed by atoms with Crippen molar-refractivity contribution in [2.75, 3.05) is 13.6 Å². The molecule has 0 aliphatic heterocycles. The van der Waals surface area contributed by atoms with Gasteiger partial charge in [0, 0.05) is 19.1 Å². The van der Waals surface area contributed by atoms with Crippen LogP contribution in [-0.2, 0) is 11.3 Å². The molecule has 2 unspecified atom stereocenters. The lowest BCUT2D eigenvalue weighted by Crippen LogP contribution is -2.42. The Morgan fingerprint density at radius 2 is 1.91 bits per heavy atom. The summed E-state index contributed by atoms with van der Waals surface area (Å²) >= 11 is 0. The third-order valence-electron chi connectivity index (χ3n) is 3.83. The van der Waals surface area contributed by atoms with Crippen molar-refractivity contribution in [1.29, 1.82) is 0 Å². The zero-order valence-electron chi connectivity index (χ0n) is 13.9. The van der Waals surface area contributed by atoms with Crippen LogP contribution in [0.25, 0.3) is 0 Å². The van der Waals surface area contributed by atoms with E-state index in [1.165, 1.54) is 5.56 Å². The van der Waals surface area contributed by atoms with Gasteiger partial charge in [-0.1, -0.05) is 43.7 Å². The molecular formula is C17H30ClN3O. The van der Waals surface area contributed by atoms with E-state index in [1.807, 2.05) is 13.0 Å². The number of hydrogen-bond donors (Lipinski definition) is 2. The quantitative estimate of drug-likeness (QED) is 0.733. The number of nitrogens with one attached hydrogen (secondary N) is 1. The molecule has 4 nitrogen and oxygen atoms in total. The lowest BCUT2D eigenvalue weighted by molar-refractivity contribution is -0.122. The van der Waals surface area contributed by atoms with Gasteiger partial charge in [-0.05, 0) is 32.4 Å². The number of halogens is 1. The molecule has 0 fully saturated rings. The molecule has 1 rings (SSSR count). The summed E-state index contributed by atoms with van der Waals surface area (Å²) in [7, 11) is 2.11. The molecule has 0 saturated carbocycles. The average molecular weight is 328 g/mol. The van der Waals surface area contributed by atoms with Gasteiger partial charge < -0.3 is 11.1 Å². The Morgan fingerprint density at radius 1 is 1.27 bits per heavy atom. The lowest BCUT2D eigenvalue weighted by Gasteiger charge is -2.25. The molecule has 126 valence electrons. The summed E-state index contributed by atoms with van der Waals surface area (Å²) in [6.45, 7) is 5.82. The van der Waals surface area contributed by atoms with E-state index in [4.69, 9.17) is 5.73 Å². The summed E-state index contributed by atoms with van der Waals surface area (Å²) in [5.74, 6) is -0.0326. The number of hydrogen-bond acceptors (Lipinski definition) is 3. The van der Waals surface area contributed by atoms with E-state index in [0.717, 1.165) is 25.8 Å². The highest BCUT2D eigenvalue weighted by Gasteiger charge is 2.13. The fraction of sp³-hybridized carbons (Fsp3) is 0.588. The number of amides is 1. The molecule has 0 saturated heterocycles. The molecule has 1 amide bonds. The van der Waals surface area contributed by atoms with Gasteiger partial charge >= 0.3 is 0 Å². The monoisotopic (exact) mass is 327 g/mol. The van der Waals surface area contributed by atoms with Crippen molar-refractivity contribution < 1.29 is 4.79 Å². The van der Waals surface area contributed by atoms with Crippen molar-refractivity contribution in [3.63, 3.8) is 0 Å². The van der Waals surface area contributed by atoms with E-state index in [2.05, 4.69) is 48.5 Å². The predicted molar refractivity (Wildman–Crippen MR) is 95.1 cm³/mol. The zero-order chi connectivity index (χ0) is 15.7. The smallest absolute Gasteiger partial charge is 0.236 e. The minimum absolute atomic E-state index is 0. The van der Waals surface area contributed by atoms with E-state index in [-0.39, 0.29) is 24.4 Å². The molecule has 5 heteroatoms. The minimum Gasteiger partial charge on any atom is -0.355 e. The number of carbonyl (C=O) groups is 1. The van der Waals surface area contributed by atoms with Crippen molar-refractivity contribution >= 4 is 18.3 Å². The van der Waals surface area contributed by atoms with Crippen LogP contribution in [-0.4, -0.2) is 36.5 Å². The Balaban J connectivity index is 0.00000441. The first-order valence-corrected chi connectivity index (χ1v) is 7.82. The van der Waals surface area contributed by atoms with Gasteiger partial charge in [0.1, 0.15) is 0 Å². The van der Waals surface area contributed by atoms with Gasteiger partial charge in [-0.15, -0.1) is 12.4 Å². The van der Waals surface area contributed by atoms with Crippen molar-refractivity contribution in [1.82, 2.24) is 10.2 Å². The maximum Gasteiger partial charge on any atom is 0.236 e. The normalized spacial score (nSPS) is 13.3. The van der Waals surface area contributed by atoms with Crippen molar-refractivity contribution in [2.45, 2.75) is 51.7 Å². The second-order valence-electron chi connectivity index (χ2n) is 5.72. The molecule has 0 aliphatic rings. The summed E-state index contributed by atoms with van der Waals surface area (Å²) in [4.78, 5) is 14.0. The van der Waals surface area contributed by atoms with Crippen LogP contribution in [0.15, 0.2) is 30.3 Å². The molecule has 0 bridgehead atoms. The van der Waals surface area contributed by atoms with Gasteiger partial charge in [-0.25, -0.2) is 0 Å². The van der Waals surface area contributed by atoms with Crippen LogP contribution in [0.2, 0.25) is 0 Å². The maximum absolute atomic E-state index is 11.7. The highest BCUT2D eigenvalue weighted by molar-refractivity contribution is 5.85. The van der Waals surface area contributed by atoms with E-state index in [9.17, 15) is 4.79 Å². The molecular weight excluding hydrogens is 298 g/mol. The third kappa shape index (κ3) is 7.78. The molecule has 1 aromatic rings. The number of carbonyl (C=O) groups excluding carboxylic acids is 1. The molecule has 0 aromatic heterocycles. The summed E-state index contributed by atoms with van der Waals surface area (Å²) in [5.41, 5.74) is 7.09. The fourth-order valence-electron chi connectivity index (χ4n) is 2.23. The summed E-state index contributed by atoms with van der Waals surface area (Å²) in [5, 5.41) is 2.93. The second kappa shape index (κ2) is 11.5. The first-order chi connectivity index (χ1) is 10.0. The molecule has 0 heterocycles. The van der Waals surface area contributed by atoms with E-state index >= 15 is 0 Å². The standard InChI is InChI=1S/C17H29N3O.ClH/c1-4-8-16(18)17(21)19-12-11-14(2)20(3)13-15-9-6-5-7-10-15;/h5-7,9-10,14,16H,4,8,11-13,18H2,1-3H3,(H,19,21);1H. The number of nitrogens with two attached hydrogens (primary N) is 1. The topological polar surface area (TPSA) is 58.4 Å². The van der Waals surface area contributed by atoms with Crippen LogP contribution in [0.4, 0.5) is 0 Å². The molecule has 0 radical (unpaired) electrons. The molecule has 22 heavy (non-hydrogen) atoms. The van der Waals surface area contributed by atoms with Crippen LogP contribution in [0.5, 0.6) is 0 Å². The Kier molecular flexibility index (Phi) is 10.9. The van der Waals surface area contributed by atoms with Gasteiger partial charge in [0.15, 0.2) is 0 Å². The predicted octanol–water partition coefficient (Wildman–Crippen LogP) is 2.56. The van der Waals surface area contributed by atoms with Gasteiger partial charge in [0.2, 0.25) is 5.91 Å². The minimum atomic E-state index is -0.368. The molecule has 0 aliphatic carbocycles. The second-order valence-corrected chi connectivity index (χ2v) is 5.72. The Labute approximate surface area is 140 Å².